The molecule has 0 rings (SSSR count). The van der Waals surface area contributed by atoms with Crippen molar-refractivity contribution in [3.63, 3.8) is 0 Å². The van der Waals surface area contributed by atoms with Crippen molar-refractivity contribution >= 4 is 5.97 Å². The van der Waals surface area contributed by atoms with Gasteiger partial charge in [0, 0.05) is 12.6 Å². The molecule has 0 aromatic heterocycles. The van der Waals surface area contributed by atoms with E-state index in [0.29, 0.717) is 0 Å². The second-order valence-corrected chi connectivity index (χ2v) is 3.87. The number of aliphatic hydroxyl groups excluding tert-OH is 1. The molecule has 0 aliphatic carbocycles. The third-order valence-electron chi connectivity index (χ3n) is 2.28. The van der Waals surface area contributed by atoms with Gasteiger partial charge >= 0.3 is 12.1 Å². The van der Waals surface area contributed by atoms with Crippen LogP contribution in [-0.2, 0) is 4.79 Å². The molecular weight excluding hydrogens is 227 g/mol. The minimum absolute atomic E-state index is 0.0762. The van der Waals surface area contributed by atoms with Gasteiger partial charge in [0.2, 0.25) is 0 Å². The Morgan fingerprint density at radius 2 is 1.88 bits per heavy atom. The number of hydrogen-bond donors (Lipinski definition) is 3. The lowest BCUT2D eigenvalue weighted by atomic mass is 10.0. The summed E-state index contributed by atoms with van der Waals surface area (Å²) in [6.45, 7) is 2.37. The van der Waals surface area contributed by atoms with Gasteiger partial charge in [0.15, 0.2) is 5.92 Å². The molecule has 0 aliphatic heterocycles. The first-order valence-corrected chi connectivity index (χ1v) is 4.84. The zero-order valence-electron chi connectivity index (χ0n) is 9.08. The van der Waals surface area contributed by atoms with Gasteiger partial charge < -0.3 is 15.5 Å². The number of nitrogens with one attached hydrogen (secondary N) is 1. The summed E-state index contributed by atoms with van der Waals surface area (Å²) in [5.41, 5.74) is 0. The molecule has 3 N–H and O–H groups in total. The van der Waals surface area contributed by atoms with Crippen molar-refractivity contribution in [1.82, 2.24) is 5.32 Å². The van der Waals surface area contributed by atoms with Crippen molar-refractivity contribution in [2.75, 3.05) is 13.2 Å². The van der Waals surface area contributed by atoms with E-state index >= 15 is 0 Å². The third kappa shape index (κ3) is 4.80. The van der Waals surface area contributed by atoms with Crippen LogP contribution in [0.4, 0.5) is 13.2 Å². The van der Waals surface area contributed by atoms with Crippen molar-refractivity contribution in [3.05, 3.63) is 0 Å². The maximum absolute atomic E-state index is 12.2. The van der Waals surface area contributed by atoms with Gasteiger partial charge in [-0.15, -0.1) is 0 Å². The molecule has 4 nitrogen and oxygen atoms in total. The molecule has 0 bridgehead atoms. The summed E-state index contributed by atoms with van der Waals surface area (Å²) in [5, 5.41) is 19.7. The molecule has 0 saturated carbocycles. The predicted molar refractivity (Wildman–Crippen MR) is 50.9 cm³/mol. The predicted octanol–water partition coefficient (Wildman–Crippen LogP) is 0.856. The average Bonchev–Trinajstić information content (AvgIpc) is 2.08. The number of hydrogen-bond acceptors (Lipinski definition) is 3. The van der Waals surface area contributed by atoms with Gasteiger partial charge in [-0.25, -0.2) is 0 Å². The Morgan fingerprint density at radius 3 is 2.12 bits per heavy atom. The molecule has 0 aromatic carbocycles. The van der Waals surface area contributed by atoms with Crippen molar-refractivity contribution in [1.29, 1.82) is 0 Å². The fourth-order valence-electron chi connectivity index (χ4n) is 1.12. The number of aliphatic carboxylic acids is 1. The summed E-state index contributed by atoms with van der Waals surface area (Å²) in [7, 11) is 0. The van der Waals surface area contributed by atoms with E-state index in [0.717, 1.165) is 0 Å². The van der Waals surface area contributed by atoms with Crippen LogP contribution in [0.25, 0.3) is 0 Å². The number of alkyl halides is 3. The highest BCUT2D eigenvalue weighted by Crippen LogP contribution is 2.26. The smallest absolute Gasteiger partial charge is 0.403 e. The highest BCUT2D eigenvalue weighted by Gasteiger charge is 2.45. The van der Waals surface area contributed by atoms with Crippen LogP contribution in [-0.4, -0.2) is 41.6 Å². The summed E-state index contributed by atoms with van der Waals surface area (Å²) in [6, 6.07) is -0.538. The maximum atomic E-state index is 12.2. The highest BCUT2D eigenvalue weighted by molar-refractivity contribution is 5.71. The SMILES string of the molecule is CC(C)C(CO)NCC(C(=O)O)C(F)(F)F. The van der Waals surface area contributed by atoms with Crippen LogP contribution in [0.2, 0.25) is 0 Å². The Labute approximate surface area is 91.5 Å². The minimum atomic E-state index is -4.78. The number of halogens is 3. The molecule has 0 spiro atoms. The van der Waals surface area contributed by atoms with Gasteiger partial charge in [-0.1, -0.05) is 13.8 Å². The lowest BCUT2D eigenvalue weighted by molar-refractivity contribution is -0.192. The Kier molecular flexibility index (Phi) is 5.74. The average molecular weight is 243 g/mol. The molecule has 0 amide bonds. The van der Waals surface area contributed by atoms with E-state index in [9.17, 15) is 18.0 Å². The lowest BCUT2D eigenvalue weighted by Crippen LogP contribution is -2.45. The summed E-state index contributed by atoms with van der Waals surface area (Å²) in [4.78, 5) is 10.4. The van der Waals surface area contributed by atoms with E-state index in [1.165, 1.54) is 0 Å². The van der Waals surface area contributed by atoms with Gasteiger partial charge in [-0.05, 0) is 5.92 Å². The van der Waals surface area contributed by atoms with Crippen LogP contribution >= 0.6 is 0 Å². The van der Waals surface area contributed by atoms with Gasteiger partial charge in [0.05, 0.1) is 6.61 Å². The van der Waals surface area contributed by atoms with E-state index in [-0.39, 0.29) is 12.5 Å². The monoisotopic (exact) mass is 243 g/mol. The van der Waals surface area contributed by atoms with Crippen LogP contribution in [0, 0.1) is 11.8 Å². The quantitative estimate of drug-likeness (QED) is 0.647. The number of carboxylic acid groups (broad SMARTS) is 1. The van der Waals surface area contributed by atoms with Crippen molar-refractivity contribution < 1.29 is 28.2 Å². The first-order chi connectivity index (χ1) is 7.20. The van der Waals surface area contributed by atoms with Crippen molar-refractivity contribution in [2.24, 2.45) is 11.8 Å². The fraction of sp³-hybridized carbons (Fsp3) is 0.889. The Hall–Kier alpha value is -0.820. The summed E-state index contributed by atoms with van der Waals surface area (Å²) < 4.78 is 36.7. The molecule has 0 heterocycles. The molecule has 2 atom stereocenters. The normalized spacial score (nSPS) is 16.2. The summed E-state index contributed by atoms with van der Waals surface area (Å²) in [6.07, 6.45) is -4.78. The molecule has 96 valence electrons. The van der Waals surface area contributed by atoms with Crippen LogP contribution in [0.1, 0.15) is 13.8 Å². The number of aliphatic hydroxyl groups is 1. The zero-order chi connectivity index (χ0) is 12.9. The summed E-state index contributed by atoms with van der Waals surface area (Å²) in [5.74, 6) is -4.44. The van der Waals surface area contributed by atoms with Crippen LogP contribution in [0.15, 0.2) is 0 Å². The van der Waals surface area contributed by atoms with Gasteiger partial charge in [-0.2, -0.15) is 13.2 Å². The van der Waals surface area contributed by atoms with Gasteiger partial charge in [0.25, 0.3) is 0 Å². The fourth-order valence-corrected chi connectivity index (χ4v) is 1.12. The highest BCUT2D eigenvalue weighted by atomic mass is 19.4. The number of rotatable bonds is 6. The third-order valence-corrected chi connectivity index (χ3v) is 2.28. The number of carbonyl (C=O) groups is 1. The second-order valence-electron chi connectivity index (χ2n) is 3.87. The van der Waals surface area contributed by atoms with Crippen molar-refractivity contribution in [2.45, 2.75) is 26.1 Å². The lowest BCUT2D eigenvalue weighted by Gasteiger charge is -2.23. The molecular formula is C9H16F3NO3. The standard InChI is InChI=1S/C9H16F3NO3/c1-5(2)7(4-14)13-3-6(8(15)16)9(10,11)12/h5-7,13-14H,3-4H2,1-2H3,(H,15,16). The first-order valence-electron chi connectivity index (χ1n) is 4.84. The van der Waals surface area contributed by atoms with Crippen molar-refractivity contribution in [3.8, 4) is 0 Å². The molecule has 2 unspecified atom stereocenters. The topological polar surface area (TPSA) is 69.6 Å². The van der Waals surface area contributed by atoms with E-state index < -0.39 is 30.7 Å². The van der Waals surface area contributed by atoms with Gasteiger partial charge in [0.1, 0.15) is 0 Å². The Balaban J connectivity index is 4.38. The largest absolute Gasteiger partial charge is 0.481 e. The van der Waals surface area contributed by atoms with Gasteiger partial charge in [-0.3, -0.25) is 4.79 Å². The molecule has 0 aliphatic rings. The van der Waals surface area contributed by atoms with E-state index in [1.54, 1.807) is 13.8 Å². The number of carboxylic acids is 1. The first kappa shape index (κ1) is 15.2. The maximum Gasteiger partial charge on any atom is 0.403 e. The summed E-state index contributed by atoms with van der Waals surface area (Å²) >= 11 is 0. The molecule has 0 fully saturated rings. The minimum Gasteiger partial charge on any atom is -0.481 e. The zero-order valence-corrected chi connectivity index (χ0v) is 9.08. The van der Waals surface area contributed by atoms with E-state index in [4.69, 9.17) is 10.2 Å². The van der Waals surface area contributed by atoms with E-state index in [2.05, 4.69) is 5.32 Å². The molecule has 0 saturated heterocycles. The Bertz CT molecular complexity index is 231. The molecule has 0 radical (unpaired) electrons. The molecule has 16 heavy (non-hydrogen) atoms. The second kappa shape index (κ2) is 6.05. The van der Waals surface area contributed by atoms with Crippen LogP contribution in [0.5, 0.6) is 0 Å². The molecule has 0 aromatic rings. The van der Waals surface area contributed by atoms with Crippen LogP contribution < -0.4 is 5.32 Å². The molecule has 7 heteroatoms. The van der Waals surface area contributed by atoms with E-state index in [1.807, 2.05) is 0 Å². The Morgan fingerprint density at radius 1 is 1.38 bits per heavy atom. The van der Waals surface area contributed by atoms with Crippen LogP contribution in [0.3, 0.4) is 0 Å².